The first-order chi connectivity index (χ1) is 10.9. The van der Waals surface area contributed by atoms with Crippen molar-refractivity contribution in [1.29, 1.82) is 0 Å². The van der Waals surface area contributed by atoms with Gasteiger partial charge in [0.1, 0.15) is 12.2 Å². The highest BCUT2D eigenvalue weighted by Gasteiger charge is 2.25. The number of hydrogen-bond donors (Lipinski definition) is 1. The maximum Gasteiger partial charge on any atom is 0.350 e. The Morgan fingerprint density at radius 2 is 2.39 bits per heavy atom. The Kier molecular flexibility index (Phi) is 5.45. The van der Waals surface area contributed by atoms with Crippen LogP contribution in [0.15, 0.2) is 27.2 Å². The third-order valence-electron chi connectivity index (χ3n) is 2.81. The molecule has 1 N–H and O–H groups in total. The quantitative estimate of drug-likeness (QED) is 0.453. The summed E-state index contributed by atoms with van der Waals surface area (Å²) in [6.45, 7) is 1.54. The Morgan fingerprint density at radius 1 is 1.65 bits per heavy atom. The molecule has 0 fully saturated rings. The second kappa shape index (κ2) is 7.33. The second-order valence-electron chi connectivity index (χ2n) is 4.31. The van der Waals surface area contributed by atoms with Crippen molar-refractivity contribution in [3.05, 3.63) is 37.1 Å². The van der Waals surface area contributed by atoms with Crippen LogP contribution >= 0.6 is 27.3 Å². The number of hydrogen-bond acceptors (Lipinski definition) is 7. The molecule has 122 valence electrons. The summed E-state index contributed by atoms with van der Waals surface area (Å²) < 4.78 is 6.93. The molecule has 23 heavy (non-hydrogen) atoms. The van der Waals surface area contributed by atoms with Crippen molar-refractivity contribution in [3.8, 4) is 5.88 Å². The van der Waals surface area contributed by atoms with E-state index in [-0.39, 0.29) is 11.6 Å². The first kappa shape index (κ1) is 17.1. The number of aromatic nitrogens is 2. The predicted octanol–water partition coefficient (Wildman–Crippen LogP) is 2.34. The average molecular weight is 402 g/mol. The molecule has 1 atom stereocenters. The normalized spacial score (nSPS) is 12.3. The number of nitro groups is 1. The van der Waals surface area contributed by atoms with Gasteiger partial charge in [-0.05, 0) is 35.0 Å². The highest BCUT2D eigenvalue weighted by molar-refractivity contribution is 9.11. The highest BCUT2D eigenvalue weighted by atomic mass is 79.9. The molecule has 11 heteroatoms. The van der Waals surface area contributed by atoms with Gasteiger partial charge in [0.25, 0.3) is 5.91 Å². The van der Waals surface area contributed by atoms with Crippen LogP contribution in [-0.4, -0.2) is 33.9 Å². The molecule has 1 amide bonds. The number of thiophene rings is 1. The van der Waals surface area contributed by atoms with Crippen molar-refractivity contribution in [3.63, 3.8) is 0 Å². The zero-order chi connectivity index (χ0) is 17.0. The molecule has 0 aliphatic carbocycles. The van der Waals surface area contributed by atoms with E-state index >= 15 is 0 Å². The number of hydrazone groups is 1. The van der Waals surface area contributed by atoms with E-state index in [0.29, 0.717) is 0 Å². The fraction of sp³-hybridized carbons (Fsp3) is 0.250. The van der Waals surface area contributed by atoms with E-state index in [1.165, 1.54) is 24.7 Å². The van der Waals surface area contributed by atoms with E-state index in [9.17, 15) is 14.9 Å². The summed E-state index contributed by atoms with van der Waals surface area (Å²) in [4.78, 5) is 23.1. The minimum Gasteiger partial charge on any atom is -0.475 e. The summed E-state index contributed by atoms with van der Waals surface area (Å²) in [7, 11) is 1.27. The number of rotatable bonds is 6. The van der Waals surface area contributed by atoms with Gasteiger partial charge in [0, 0.05) is 4.88 Å². The van der Waals surface area contributed by atoms with Crippen molar-refractivity contribution in [2.45, 2.75) is 13.0 Å². The van der Waals surface area contributed by atoms with Gasteiger partial charge < -0.3 is 4.74 Å². The SMILES string of the molecule is COc1nn([C@@H](C)C(=O)N/N=C\c2ccc(Br)s2)cc1[N+](=O)[O-]. The number of ether oxygens (including phenoxy) is 1. The van der Waals surface area contributed by atoms with Gasteiger partial charge in [0.15, 0.2) is 0 Å². The van der Waals surface area contributed by atoms with E-state index in [1.54, 1.807) is 6.92 Å². The lowest BCUT2D eigenvalue weighted by molar-refractivity contribution is -0.385. The summed E-state index contributed by atoms with van der Waals surface area (Å²) >= 11 is 4.79. The molecule has 2 aromatic rings. The largest absolute Gasteiger partial charge is 0.475 e. The Morgan fingerprint density at radius 3 is 2.91 bits per heavy atom. The minimum absolute atomic E-state index is 0.151. The van der Waals surface area contributed by atoms with Crippen LogP contribution in [0.1, 0.15) is 17.8 Å². The van der Waals surface area contributed by atoms with E-state index in [4.69, 9.17) is 4.74 Å². The summed E-state index contributed by atoms with van der Waals surface area (Å²) in [6.07, 6.45) is 2.65. The van der Waals surface area contributed by atoms with E-state index in [1.807, 2.05) is 12.1 Å². The maximum atomic E-state index is 12.0. The van der Waals surface area contributed by atoms with Crippen molar-refractivity contribution >= 4 is 45.1 Å². The highest BCUT2D eigenvalue weighted by Crippen LogP contribution is 2.26. The van der Waals surface area contributed by atoms with Crippen molar-refractivity contribution < 1.29 is 14.5 Å². The molecule has 0 aliphatic heterocycles. The summed E-state index contributed by atoms with van der Waals surface area (Å²) in [5, 5.41) is 18.6. The van der Waals surface area contributed by atoms with Crippen molar-refractivity contribution in [1.82, 2.24) is 15.2 Å². The van der Waals surface area contributed by atoms with Crippen molar-refractivity contribution in [2.24, 2.45) is 5.10 Å². The molecule has 0 radical (unpaired) electrons. The van der Waals surface area contributed by atoms with Crippen LogP contribution in [0.5, 0.6) is 5.88 Å². The molecular formula is C12H12BrN5O4S. The van der Waals surface area contributed by atoms with Gasteiger partial charge in [-0.3, -0.25) is 14.9 Å². The van der Waals surface area contributed by atoms with E-state index < -0.39 is 16.9 Å². The predicted molar refractivity (Wildman–Crippen MR) is 87.9 cm³/mol. The van der Waals surface area contributed by atoms with Crippen LogP contribution in [0.25, 0.3) is 0 Å². The zero-order valence-electron chi connectivity index (χ0n) is 12.1. The van der Waals surface area contributed by atoms with Crippen LogP contribution in [0.4, 0.5) is 5.69 Å². The van der Waals surface area contributed by atoms with Gasteiger partial charge in [-0.2, -0.15) is 5.10 Å². The molecule has 0 unspecified atom stereocenters. The minimum atomic E-state index is -0.787. The lowest BCUT2D eigenvalue weighted by Gasteiger charge is -2.08. The van der Waals surface area contributed by atoms with Gasteiger partial charge in [-0.15, -0.1) is 16.4 Å². The van der Waals surface area contributed by atoms with Crippen LogP contribution in [0.2, 0.25) is 0 Å². The van der Waals surface area contributed by atoms with Crippen LogP contribution in [0.3, 0.4) is 0 Å². The standard InChI is InChI=1S/C12H12BrN5O4S/c1-7(17-6-9(18(20)21)12(16-17)22-2)11(19)15-14-5-8-3-4-10(13)23-8/h3-7H,1-2H3,(H,15,19)/b14-5-/t7-/m0/s1. The fourth-order valence-electron chi connectivity index (χ4n) is 1.61. The molecule has 0 bridgehead atoms. The number of halogens is 1. The van der Waals surface area contributed by atoms with Gasteiger partial charge >= 0.3 is 11.6 Å². The first-order valence-electron chi connectivity index (χ1n) is 6.28. The molecular weight excluding hydrogens is 390 g/mol. The third-order valence-corrected chi connectivity index (χ3v) is 4.37. The number of nitrogens with one attached hydrogen (secondary N) is 1. The summed E-state index contributed by atoms with van der Waals surface area (Å²) in [5.74, 6) is -0.612. The van der Waals surface area contributed by atoms with Gasteiger partial charge in [0.2, 0.25) is 0 Å². The molecule has 2 rings (SSSR count). The maximum absolute atomic E-state index is 12.0. The summed E-state index contributed by atoms with van der Waals surface area (Å²) in [6, 6.07) is 2.92. The molecule has 0 spiro atoms. The number of nitrogens with zero attached hydrogens (tertiary/aromatic N) is 4. The van der Waals surface area contributed by atoms with Gasteiger partial charge in [-0.25, -0.2) is 10.1 Å². The second-order valence-corrected chi connectivity index (χ2v) is 6.81. The lowest BCUT2D eigenvalue weighted by atomic mass is 10.3. The summed E-state index contributed by atoms with van der Waals surface area (Å²) in [5.41, 5.74) is 2.06. The number of carbonyl (C=O) groups excluding carboxylic acids is 1. The third kappa shape index (κ3) is 4.13. The number of carbonyl (C=O) groups is 1. The van der Waals surface area contributed by atoms with Crippen LogP contribution in [-0.2, 0) is 4.79 Å². The van der Waals surface area contributed by atoms with Gasteiger partial charge in [-0.1, -0.05) is 0 Å². The fourth-order valence-corrected chi connectivity index (χ4v) is 2.90. The number of amides is 1. The van der Waals surface area contributed by atoms with Gasteiger partial charge in [0.05, 0.1) is 22.0 Å². The average Bonchev–Trinajstić information content (AvgIpc) is 3.12. The Balaban J connectivity index is 2.04. The first-order valence-corrected chi connectivity index (χ1v) is 7.89. The van der Waals surface area contributed by atoms with E-state index in [2.05, 4.69) is 31.6 Å². The van der Waals surface area contributed by atoms with Crippen LogP contribution < -0.4 is 10.2 Å². The molecule has 0 saturated heterocycles. The van der Waals surface area contributed by atoms with Crippen molar-refractivity contribution in [2.75, 3.05) is 7.11 Å². The van der Waals surface area contributed by atoms with E-state index in [0.717, 1.165) is 19.5 Å². The smallest absolute Gasteiger partial charge is 0.350 e. The monoisotopic (exact) mass is 401 g/mol. The Bertz CT molecular complexity index is 756. The van der Waals surface area contributed by atoms with Crippen LogP contribution in [0, 0.1) is 10.1 Å². The molecule has 2 heterocycles. The Hall–Kier alpha value is -2.27. The topological polar surface area (TPSA) is 112 Å². The zero-order valence-corrected chi connectivity index (χ0v) is 14.5. The molecule has 9 nitrogen and oxygen atoms in total. The molecule has 0 aromatic carbocycles. The molecule has 0 saturated carbocycles. The molecule has 2 aromatic heterocycles. The Labute approximate surface area is 143 Å². The number of methoxy groups -OCH3 is 1. The molecule has 0 aliphatic rings. The lowest BCUT2D eigenvalue weighted by Crippen LogP contribution is -2.27.